The molecule has 3 aromatic carbocycles. The van der Waals surface area contributed by atoms with Gasteiger partial charge in [-0.3, -0.25) is 9.52 Å². The molecule has 0 fully saturated rings. The fourth-order valence-electron chi connectivity index (χ4n) is 2.72. The predicted octanol–water partition coefficient (Wildman–Crippen LogP) is 4.18. The first-order chi connectivity index (χ1) is 15.3. The second-order valence-electron chi connectivity index (χ2n) is 6.47. The fourth-order valence-corrected chi connectivity index (χ4v) is 4.10. The standard InChI is InChI=1S/C22H21ClN2O6S/c1-29-16-8-10-19(21(12-16)30-2)24-22(26)14-31-20-11-9-17(13-18(20)23)32(27,28)25-15-6-4-3-5-7-15/h3-13,25H,14H2,1-2H3,(H,24,26). The van der Waals surface area contributed by atoms with Crippen LogP contribution in [-0.4, -0.2) is 35.2 Å². The number of methoxy groups -OCH3 is 2. The van der Waals surface area contributed by atoms with Crippen molar-refractivity contribution in [3.8, 4) is 17.2 Å². The maximum atomic E-state index is 12.5. The Balaban J connectivity index is 1.64. The van der Waals surface area contributed by atoms with Crippen molar-refractivity contribution in [2.24, 2.45) is 0 Å². The van der Waals surface area contributed by atoms with Gasteiger partial charge in [0.05, 0.1) is 29.8 Å². The first kappa shape index (κ1) is 23.2. The third-order valence-electron chi connectivity index (χ3n) is 4.28. The molecule has 2 N–H and O–H groups in total. The van der Waals surface area contributed by atoms with Gasteiger partial charge in [-0.2, -0.15) is 0 Å². The highest BCUT2D eigenvalue weighted by Crippen LogP contribution is 2.30. The van der Waals surface area contributed by atoms with Gasteiger partial charge < -0.3 is 19.5 Å². The average molecular weight is 477 g/mol. The number of anilines is 2. The fraction of sp³-hybridized carbons (Fsp3) is 0.136. The number of para-hydroxylation sites is 1. The summed E-state index contributed by atoms with van der Waals surface area (Å²) in [7, 11) is -0.830. The predicted molar refractivity (Wildman–Crippen MR) is 122 cm³/mol. The topological polar surface area (TPSA) is 103 Å². The molecule has 0 aliphatic heterocycles. The molecule has 10 heteroatoms. The molecule has 0 bridgehead atoms. The van der Waals surface area contributed by atoms with Crippen LogP contribution >= 0.6 is 11.6 Å². The molecule has 0 saturated carbocycles. The Morgan fingerprint density at radius 3 is 2.34 bits per heavy atom. The molecule has 0 radical (unpaired) electrons. The van der Waals surface area contributed by atoms with Crippen LogP contribution in [-0.2, 0) is 14.8 Å². The highest BCUT2D eigenvalue weighted by molar-refractivity contribution is 7.92. The summed E-state index contributed by atoms with van der Waals surface area (Å²) >= 11 is 6.18. The highest BCUT2D eigenvalue weighted by Gasteiger charge is 2.17. The molecule has 0 aliphatic carbocycles. The largest absolute Gasteiger partial charge is 0.497 e. The zero-order chi connectivity index (χ0) is 23.1. The highest BCUT2D eigenvalue weighted by atomic mass is 35.5. The Morgan fingerprint density at radius 1 is 0.938 bits per heavy atom. The van der Waals surface area contributed by atoms with Crippen LogP contribution in [0.3, 0.4) is 0 Å². The summed E-state index contributed by atoms with van der Waals surface area (Å²) in [6.45, 7) is -0.344. The van der Waals surface area contributed by atoms with Crippen molar-refractivity contribution >= 4 is 38.9 Å². The third kappa shape index (κ3) is 5.83. The van der Waals surface area contributed by atoms with Crippen LogP contribution in [0.5, 0.6) is 17.2 Å². The molecule has 8 nitrogen and oxygen atoms in total. The lowest BCUT2D eigenvalue weighted by molar-refractivity contribution is -0.118. The van der Waals surface area contributed by atoms with E-state index in [2.05, 4.69) is 10.0 Å². The number of sulfonamides is 1. The van der Waals surface area contributed by atoms with E-state index in [0.717, 1.165) is 0 Å². The lowest BCUT2D eigenvalue weighted by Gasteiger charge is -2.13. The van der Waals surface area contributed by atoms with Crippen molar-refractivity contribution in [3.63, 3.8) is 0 Å². The van der Waals surface area contributed by atoms with E-state index in [1.165, 1.54) is 32.4 Å². The molecule has 3 rings (SSSR count). The SMILES string of the molecule is COc1ccc(NC(=O)COc2ccc(S(=O)(=O)Nc3ccccc3)cc2Cl)c(OC)c1. The number of hydrogen-bond donors (Lipinski definition) is 2. The van der Waals surface area contributed by atoms with Crippen LogP contribution < -0.4 is 24.2 Å². The van der Waals surface area contributed by atoms with E-state index in [1.54, 1.807) is 48.5 Å². The van der Waals surface area contributed by atoms with E-state index in [9.17, 15) is 13.2 Å². The maximum absolute atomic E-state index is 12.5. The van der Waals surface area contributed by atoms with E-state index < -0.39 is 15.9 Å². The molecule has 32 heavy (non-hydrogen) atoms. The minimum atomic E-state index is -3.83. The molecular formula is C22H21ClN2O6S. The Labute approximate surface area is 191 Å². The van der Waals surface area contributed by atoms with E-state index in [1.807, 2.05) is 0 Å². The summed E-state index contributed by atoms with van der Waals surface area (Å²) in [5.41, 5.74) is 0.871. The summed E-state index contributed by atoms with van der Waals surface area (Å²) in [4.78, 5) is 12.2. The van der Waals surface area contributed by atoms with Gasteiger partial charge >= 0.3 is 0 Å². The normalized spacial score (nSPS) is 10.8. The van der Waals surface area contributed by atoms with Gasteiger partial charge in [0.25, 0.3) is 15.9 Å². The van der Waals surface area contributed by atoms with Crippen LogP contribution in [0.2, 0.25) is 5.02 Å². The summed E-state index contributed by atoms with van der Waals surface area (Å²) in [5.74, 6) is 0.727. The van der Waals surface area contributed by atoms with Gasteiger partial charge in [-0.15, -0.1) is 0 Å². The number of halogens is 1. The first-order valence-corrected chi connectivity index (χ1v) is 11.2. The van der Waals surface area contributed by atoms with Crippen molar-refractivity contribution in [3.05, 3.63) is 71.8 Å². The van der Waals surface area contributed by atoms with Gasteiger partial charge in [0, 0.05) is 11.8 Å². The van der Waals surface area contributed by atoms with E-state index in [-0.39, 0.29) is 22.3 Å². The Kier molecular flexibility index (Phi) is 7.45. The molecule has 0 unspecified atom stereocenters. The number of carbonyl (C=O) groups is 1. The smallest absolute Gasteiger partial charge is 0.262 e. The molecule has 0 saturated heterocycles. The molecule has 0 aliphatic rings. The van der Waals surface area contributed by atoms with Crippen molar-refractivity contribution in [2.75, 3.05) is 30.9 Å². The van der Waals surface area contributed by atoms with Gasteiger partial charge in [0.1, 0.15) is 17.2 Å². The molecule has 1 amide bonds. The van der Waals surface area contributed by atoms with Gasteiger partial charge in [0.2, 0.25) is 0 Å². The number of hydrogen-bond acceptors (Lipinski definition) is 6. The van der Waals surface area contributed by atoms with Gasteiger partial charge in [-0.05, 0) is 42.5 Å². The molecule has 0 spiro atoms. The molecule has 0 atom stereocenters. The van der Waals surface area contributed by atoms with Crippen LogP contribution in [0.15, 0.2) is 71.6 Å². The molecule has 0 heterocycles. The maximum Gasteiger partial charge on any atom is 0.262 e. The lowest BCUT2D eigenvalue weighted by atomic mass is 10.2. The molecular weight excluding hydrogens is 456 g/mol. The Morgan fingerprint density at radius 2 is 1.69 bits per heavy atom. The van der Waals surface area contributed by atoms with Gasteiger partial charge in [-0.25, -0.2) is 8.42 Å². The number of benzene rings is 3. The number of nitrogens with one attached hydrogen (secondary N) is 2. The van der Waals surface area contributed by atoms with Crippen LogP contribution in [0.4, 0.5) is 11.4 Å². The third-order valence-corrected chi connectivity index (χ3v) is 5.96. The van der Waals surface area contributed by atoms with Crippen molar-refractivity contribution in [1.29, 1.82) is 0 Å². The quantitative estimate of drug-likeness (QED) is 0.480. The number of carbonyl (C=O) groups excluding carboxylic acids is 1. The zero-order valence-electron chi connectivity index (χ0n) is 17.3. The Hall–Kier alpha value is -3.43. The van der Waals surface area contributed by atoms with Crippen LogP contribution in [0, 0.1) is 0 Å². The van der Waals surface area contributed by atoms with Crippen molar-refractivity contribution < 1.29 is 27.4 Å². The number of ether oxygens (including phenoxy) is 3. The number of amides is 1. The van der Waals surface area contributed by atoms with Gasteiger partial charge in [-0.1, -0.05) is 29.8 Å². The van der Waals surface area contributed by atoms with Crippen LogP contribution in [0.25, 0.3) is 0 Å². The zero-order valence-corrected chi connectivity index (χ0v) is 18.9. The minimum Gasteiger partial charge on any atom is -0.497 e. The summed E-state index contributed by atoms with van der Waals surface area (Å²) < 4.78 is 43.4. The Bertz CT molecular complexity index is 1200. The number of rotatable bonds is 9. The van der Waals surface area contributed by atoms with E-state index in [4.69, 9.17) is 25.8 Å². The second kappa shape index (κ2) is 10.3. The minimum absolute atomic E-state index is 0.0360. The van der Waals surface area contributed by atoms with Gasteiger partial charge in [0.15, 0.2) is 6.61 Å². The van der Waals surface area contributed by atoms with Crippen LogP contribution in [0.1, 0.15) is 0 Å². The summed E-state index contributed by atoms with van der Waals surface area (Å²) in [6, 6.07) is 17.4. The van der Waals surface area contributed by atoms with E-state index >= 15 is 0 Å². The summed E-state index contributed by atoms with van der Waals surface area (Å²) in [5, 5.41) is 2.72. The van der Waals surface area contributed by atoms with Crippen molar-refractivity contribution in [1.82, 2.24) is 0 Å². The molecule has 168 valence electrons. The molecule has 0 aromatic heterocycles. The lowest BCUT2D eigenvalue weighted by Crippen LogP contribution is -2.20. The van der Waals surface area contributed by atoms with E-state index in [0.29, 0.717) is 22.9 Å². The first-order valence-electron chi connectivity index (χ1n) is 9.34. The van der Waals surface area contributed by atoms with Crippen molar-refractivity contribution in [2.45, 2.75) is 4.90 Å². The average Bonchev–Trinajstić information content (AvgIpc) is 2.78. The monoisotopic (exact) mass is 476 g/mol. The summed E-state index contributed by atoms with van der Waals surface area (Å²) in [6.07, 6.45) is 0. The molecule has 3 aromatic rings. The second-order valence-corrected chi connectivity index (χ2v) is 8.56.